The Kier molecular flexibility index (Phi) is 7.63. The van der Waals surface area contributed by atoms with Crippen molar-refractivity contribution in [2.75, 3.05) is 50.1 Å². The predicted molar refractivity (Wildman–Crippen MR) is 139 cm³/mol. The van der Waals surface area contributed by atoms with Crippen LogP contribution in [0.2, 0.25) is 0 Å². The Morgan fingerprint density at radius 1 is 1.09 bits per heavy atom. The lowest BCUT2D eigenvalue weighted by Gasteiger charge is -2.35. The van der Waals surface area contributed by atoms with Crippen molar-refractivity contribution in [1.82, 2.24) is 10.3 Å². The average Bonchev–Trinajstić information content (AvgIpc) is 3.30. The second-order valence-corrected chi connectivity index (χ2v) is 9.70. The normalized spacial score (nSPS) is 19.4. The van der Waals surface area contributed by atoms with Crippen molar-refractivity contribution in [3.63, 3.8) is 0 Å². The van der Waals surface area contributed by atoms with Gasteiger partial charge in [-0.05, 0) is 81.3 Å². The maximum Gasteiger partial charge on any atom is 0.184 e. The molecule has 0 aliphatic carbocycles. The van der Waals surface area contributed by atoms with Crippen LogP contribution in [0.3, 0.4) is 0 Å². The molecule has 2 aliphatic heterocycles. The zero-order valence-corrected chi connectivity index (χ0v) is 20.5. The van der Waals surface area contributed by atoms with Crippen LogP contribution < -0.4 is 21.0 Å². The molecule has 2 aromatic rings. The molecule has 2 fully saturated rings. The molecule has 0 radical (unpaired) electrons. The van der Waals surface area contributed by atoms with Gasteiger partial charge in [0.1, 0.15) is 11.6 Å². The van der Waals surface area contributed by atoms with Crippen molar-refractivity contribution in [3.8, 4) is 0 Å². The number of nitrogens with zero attached hydrogens (tertiary/aromatic N) is 4. The van der Waals surface area contributed by atoms with E-state index in [2.05, 4.69) is 39.3 Å². The van der Waals surface area contributed by atoms with Crippen molar-refractivity contribution >= 4 is 34.9 Å². The first kappa shape index (κ1) is 24.3. The van der Waals surface area contributed by atoms with E-state index >= 15 is 4.39 Å². The first-order valence-corrected chi connectivity index (χ1v) is 12.1. The lowest BCUT2D eigenvalue weighted by molar-refractivity contribution is 0.315. The predicted octanol–water partition coefficient (Wildman–Crippen LogP) is 3.66. The van der Waals surface area contributed by atoms with E-state index in [-0.39, 0.29) is 22.7 Å². The lowest BCUT2D eigenvalue weighted by Crippen LogP contribution is -2.34. The number of hydrogen-bond donors (Lipinski definition) is 2. The van der Waals surface area contributed by atoms with Crippen LogP contribution in [-0.2, 0) is 0 Å². The Labute approximate surface area is 205 Å². The molecule has 3 N–H and O–H groups in total. The van der Waals surface area contributed by atoms with Crippen molar-refractivity contribution < 1.29 is 8.78 Å². The van der Waals surface area contributed by atoms with Gasteiger partial charge in [-0.2, -0.15) is 5.10 Å². The van der Waals surface area contributed by atoms with E-state index in [9.17, 15) is 4.39 Å². The Morgan fingerprint density at radius 2 is 1.82 bits per heavy atom. The molecule has 4 rings (SSSR count). The first-order valence-electron chi connectivity index (χ1n) is 11.7. The van der Waals surface area contributed by atoms with Crippen LogP contribution in [0.1, 0.15) is 36.3 Å². The number of nitrogens with one attached hydrogen (secondary N) is 1. The molecule has 0 spiro atoms. The zero-order valence-electron chi connectivity index (χ0n) is 19.7. The average molecular weight is 487 g/mol. The number of likely N-dealkylation sites (N-methyl/N-ethyl adjacent to an activating group) is 1. The standard InChI is InChI=1S/C25H32F2N6S/c1-31(2)21-8-11-33(16-21)23-14-24(22(27)13-19(23)15-29-30-25(28)34)32-9-6-17(7-10-32)18-4-3-5-20(26)12-18/h3-5,12-15,17,21H,6-11,16H2,1-2H3,(H3,28,30,34)/b29-15+/t21-/m1/s1. The molecule has 2 aromatic carbocycles. The highest BCUT2D eigenvalue weighted by atomic mass is 32.1. The summed E-state index contributed by atoms with van der Waals surface area (Å²) < 4.78 is 29.0. The van der Waals surface area contributed by atoms with Gasteiger partial charge in [-0.3, -0.25) is 5.43 Å². The molecule has 2 saturated heterocycles. The number of thiocarbonyl (C=S) groups is 1. The summed E-state index contributed by atoms with van der Waals surface area (Å²) >= 11 is 4.81. The zero-order chi connectivity index (χ0) is 24.2. The van der Waals surface area contributed by atoms with Gasteiger partial charge >= 0.3 is 0 Å². The highest BCUT2D eigenvalue weighted by Crippen LogP contribution is 2.36. The summed E-state index contributed by atoms with van der Waals surface area (Å²) in [7, 11) is 4.17. The molecule has 0 bridgehead atoms. The number of halogens is 2. The van der Waals surface area contributed by atoms with Gasteiger partial charge in [0.05, 0.1) is 11.9 Å². The third kappa shape index (κ3) is 5.64. The molecule has 9 heteroatoms. The smallest absolute Gasteiger partial charge is 0.184 e. The molecule has 1 atom stereocenters. The van der Waals surface area contributed by atoms with Gasteiger partial charge in [-0.15, -0.1) is 0 Å². The highest BCUT2D eigenvalue weighted by Gasteiger charge is 2.28. The van der Waals surface area contributed by atoms with Gasteiger partial charge in [0.2, 0.25) is 0 Å². The molecular weight excluding hydrogens is 454 g/mol. The fraction of sp³-hybridized carbons (Fsp3) is 0.440. The molecule has 0 aromatic heterocycles. The lowest BCUT2D eigenvalue weighted by atomic mass is 9.89. The molecule has 2 aliphatic rings. The number of hydrazone groups is 1. The van der Waals surface area contributed by atoms with Gasteiger partial charge < -0.3 is 20.4 Å². The third-order valence-electron chi connectivity index (χ3n) is 6.86. The van der Waals surface area contributed by atoms with E-state index < -0.39 is 0 Å². The number of hydrogen-bond acceptors (Lipinski definition) is 5. The fourth-order valence-corrected chi connectivity index (χ4v) is 5.00. The van der Waals surface area contributed by atoms with Crippen LogP contribution in [-0.4, -0.2) is 62.5 Å². The SMILES string of the molecule is CN(C)[C@@H]1CCN(c2cc(N3CCC(c4cccc(F)c4)CC3)c(F)cc2/C=N/NC(N)=S)C1. The summed E-state index contributed by atoms with van der Waals surface area (Å²) in [6, 6.07) is 10.7. The minimum absolute atomic E-state index is 0.0601. The van der Waals surface area contributed by atoms with E-state index in [1.54, 1.807) is 18.3 Å². The van der Waals surface area contributed by atoms with Gasteiger partial charge in [0.25, 0.3) is 0 Å². The molecule has 0 amide bonds. The molecular formula is C25H32F2N6S. The van der Waals surface area contributed by atoms with Crippen LogP contribution in [0.4, 0.5) is 20.2 Å². The molecule has 6 nitrogen and oxygen atoms in total. The van der Waals surface area contributed by atoms with Gasteiger partial charge in [0.15, 0.2) is 5.11 Å². The van der Waals surface area contributed by atoms with Crippen molar-refractivity contribution in [2.24, 2.45) is 10.8 Å². The van der Waals surface area contributed by atoms with Gasteiger partial charge in [0, 0.05) is 43.5 Å². The fourth-order valence-electron chi connectivity index (χ4n) is 4.95. The Morgan fingerprint density at radius 3 is 2.47 bits per heavy atom. The van der Waals surface area contributed by atoms with Gasteiger partial charge in [-0.1, -0.05) is 12.1 Å². The molecule has 0 saturated carbocycles. The Balaban J connectivity index is 1.57. The summed E-state index contributed by atoms with van der Waals surface area (Å²) in [4.78, 5) is 6.61. The van der Waals surface area contributed by atoms with Crippen LogP contribution in [0.5, 0.6) is 0 Å². The van der Waals surface area contributed by atoms with Gasteiger partial charge in [-0.25, -0.2) is 8.78 Å². The maximum atomic E-state index is 15.3. The van der Waals surface area contributed by atoms with Crippen LogP contribution in [0.25, 0.3) is 0 Å². The van der Waals surface area contributed by atoms with E-state index in [1.807, 2.05) is 12.1 Å². The van der Waals surface area contributed by atoms with Crippen molar-refractivity contribution in [1.29, 1.82) is 0 Å². The van der Waals surface area contributed by atoms with Crippen molar-refractivity contribution in [2.45, 2.75) is 31.2 Å². The molecule has 0 unspecified atom stereocenters. The van der Waals surface area contributed by atoms with E-state index in [0.29, 0.717) is 30.4 Å². The number of piperidine rings is 1. The summed E-state index contributed by atoms with van der Waals surface area (Å²) in [5.74, 6) is -0.209. The summed E-state index contributed by atoms with van der Waals surface area (Å²) in [6.45, 7) is 3.19. The maximum absolute atomic E-state index is 15.3. The van der Waals surface area contributed by atoms with E-state index in [4.69, 9.17) is 18.0 Å². The minimum atomic E-state index is -0.284. The quantitative estimate of drug-likeness (QED) is 0.369. The topological polar surface area (TPSA) is 60.1 Å². The van der Waals surface area contributed by atoms with Crippen LogP contribution in [0.15, 0.2) is 41.5 Å². The Bertz CT molecular complexity index is 1050. The minimum Gasteiger partial charge on any atom is -0.375 e. The Hall–Kier alpha value is -2.78. The third-order valence-corrected chi connectivity index (χ3v) is 6.96. The number of anilines is 2. The van der Waals surface area contributed by atoms with Crippen LogP contribution >= 0.6 is 12.2 Å². The summed E-state index contributed by atoms with van der Waals surface area (Å²) in [6.07, 6.45) is 4.32. The highest BCUT2D eigenvalue weighted by molar-refractivity contribution is 7.80. The van der Waals surface area contributed by atoms with E-state index in [1.165, 1.54) is 12.1 Å². The number of nitrogens with two attached hydrogens (primary N) is 1. The largest absolute Gasteiger partial charge is 0.375 e. The number of benzene rings is 2. The number of rotatable bonds is 6. The first-order chi connectivity index (χ1) is 16.3. The van der Waals surface area contributed by atoms with Crippen LogP contribution in [0, 0.1) is 11.6 Å². The molecule has 2 heterocycles. The second kappa shape index (κ2) is 10.7. The molecule has 182 valence electrons. The van der Waals surface area contributed by atoms with Crippen molar-refractivity contribution in [3.05, 3.63) is 59.2 Å². The monoisotopic (exact) mass is 486 g/mol. The molecule has 34 heavy (non-hydrogen) atoms. The summed E-state index contributed by atoms with van der Waals surface area (Å²) in [5, 5.41) is 4.13. The summed E-state index contributed by atoms with van der Waals surface area (Å²) in [5.41, 5.74) is 11.3. The second-order valence-electron chi connectivity index (χ2n) is 9.27. The van der Waals surface area contributed by atoms with E-state index in [0.717, 1.165) is 43.6 Å².